The zero-order chi connectivity index (χ0) is 14.7. The van der Waals surface area contributed by atoms with Gasteiger partial charge in [-0.3, -0.25) is 4.79 Å². The molecule has 1 aliphatic heterocycles. The third-order valence-electron chi connectivity index (χ3n) is 3.54. The van der Waals surface area contributed by atoms with Gasteiger partial charge >= 0.3 is 0 Å². The second-order valence-corrected chi connectivity index (χ2v) is 5.85. The number of hydrogen-bond acceptors (Lipinski definition) is 3. The number of fused-ring (bicyclic) bond motifs is 1. The van der Waals surface area contributed by atoms with Gasteiger partial charge in [0.2, 0.25) is 0 Å². The molecular weight excluding hydrogens is 330 g/mol. The number of Topliss-reactive ketones (excluding diaryl/α,β-unsaturated/α-hetero) is 1. The zero-order valence-electron chi connectivity index (χ0n) is 11.6. The third-order valence-corrected chi connectivity index (χ3v) is 4.24. The minimum absolute atomic E-state index is 0.110. The molecule has 0 unspecified atom stereocenters. The van der Waals surface area contributed by atoms with Gasteiger partial charge in [-0.25, -0.2) is 0 Å². The van der Waals surface area contributed by atoms with Gasteiger partial charge in [-0.05, 0) is 24.6 Å². The maximum Gasteiger partial charge on any atom is 0.183 e. The van der Waals surface area contributed by atoms with Crippen molar-refractivity contribution in [2.75, 3.05) is 24.6 Å². The Hall–Kier alpha value is -1.81. The van der Waals surface area contributed by atoms with E-state index in [1.54, 1.807) is 0 Å². The van der Waals surface area contributed by atoms with Crippen LogP contribution < -0.4 is 9.64 Å². The SMILES string of the molecule is O=C(CN1CCCOc2ccccc21)c1ccccc1Br. The average Bonchev–Trinajstić information content (AvgIpc) is 2.70. The van der Waals surface area contributed by atoms with E-state index in [4.69, 9.17) is 4.74 Å². The molecule has 0 N–H and O–H groups in total. The van der Waals surface area contributed by atoms with E-state index in [1.165, 1.54) is 0 Å². The molecule has 3 nitrogen and oxygen atoms in total. The molecule has 0 atom stereocenters. The van der Waals surface area contributed by atoms with E-state index >= 15 is 0 Å². The van der Waals surface area contributed by atoms with Crippen molar-refractivity contribution in [3.05, 3.63) is 58.6 Å². The average molecular weight is 346 g/mol. The standard InChI is InChI=1S/C17H16BrNO2/c18-14-7-2-1-6-13(14)16(20)12-19-10-5-11-21-17-9-4-3-8-15(17)19/h1-4,6-9H,5,10-12H2. The van der Waals surface area contributed by atoms with E-state index in [9.17, 15) is 4.79 Å². The van der Waals surface area contributed by atoms with Crippen LogP contribution in [-0.4, -0.2) is 25.5 Å². The minimum atomic E-state index is 0.110. The lowest BCUT2D eigenvalue weighted by atomic mass is 10.1. The van der Waals surface area contributed by atoms with E-state index in [2.05, 4.69) is 20.8 Å². The Labute approximate surface area is 132 Å². The number of nitrogens with zero attached hydrogens (tertiary/aromatic N) is 1. The molecule has 1 heterocycles. The lowest BCUT2D eigenvalue weighted by Crippen LogP contribution is -2.30. The lowest BCUT2D eigenvalue weighted by molar-refractivity contribution is 0.0998. The van der Waals surface area contributed by atoms with Crippen molar-refractivity contribution in [2.24, 2.45) is 0 Å². The summed E-state index contributed by atoms with van der Waals surface area (Å²) in [6.45, 7) is 1.88. The predicted octanol–water partition coefficient (Wildman–Crippen LogP) is 3.92. The molecule has 0 saturated heterocycles. The molecule has 3 rings (SSSR count). The maximum atomic E-state index is 12.5. The first-order valence-electron chi connectivity index (χ1n) is 7.00. The molecule has 0 fully saturated rings. The van der Waals surface area contributed by atoms with Gasteiger partial charge in [0.25, 0.3) is 0 Å². The highest BCUT2D eigenvalue weighted by Crippen LogP contribution is 2.30. The Bertz CT molecular complexity index is 657. The molecule has 4 heteroatoms. The number of ether oxygens (including phenoxy) is 1. The number of ketones is 1. The fourth-order valence-electron chi connectivity index (χ4n) is 2.51. The molecule has 0 aliphatic carbocycles. The molecular formula is C17H16BrNO2. The first-order valence-corrected chi connectivity index (χ1v) is 7.79. The minimum Gasteiger partial charge on any atom is -0.491 e. The number of carbonyl (C=O) groups excluding carboxylic acids is 1. The van der Waals surface area contributed by atoms with Crippen molar-refractivity contribution in [2.45, 2.75) is 6.42 Å². The van der Waals surface area contributed by atoms with E-state index in [-0.39, 0.29) is 5.78 Å². The Morgan fingerprint density at radius 2 is 1.90 bits per heavy atom. The van der Waals surface area contributed by atoms with Crippen LogP contribution in [0.1, 0.15) is 16.8 Å². The van der Waals surface area contributed by atoms with Crippen molar-refractivity contribution >= 4 is 27.4 Å². The van der Waals surface area contributed by atoms with Crippen LogP contribution in [0, 0.1) is 0 Å². The topological polar surface area (TPSA) is 29.5 Å². The van der Waals surface area contributed by atoms with Crippen LogP contribution >= 0.6 is 15.9 Å². The Morgan fingerprint density at radius 1 is 1.14 bits per heavy atom. The van der Waals surface area contributed by atoms with Gasteiger partial charge < -0.3 is 9.64 Å². The zero-order valence-corrected chi connectivity index (χ0v) is 13.2. The van der Waals surface area contributed by atoms with Crippen molar-refractivity contribution < 1.29 is 9.53 Å². The van der Waals surface area contributed by atoms with Crippen LogP contribution in [0.5, 0.6) is 5.75 Å². The number of para-hydroxylation sites is 2. The number of hydrogen-bond donors (Lipinski definition) is 0. The van der Waals surface area contributed by atoms with Crippen LogP contribution in [0.15, 0.2) is 53.0 Å². The summed E-state index contributed by atoms with van der Waals surface area (Å²) in [4.78, 5) is 14.6. The van der Waals surface area contributed by atoms with E-state index in [0.29, 0.717) is 13.2 Å². The van der Waals surface area contributed by atoms with E-state index < -0.39 is 0 Å². The summed E-state index contributed by atoms with van der Waals surface area (Å²) >= 11 is 3.44. The molecule has 2 aromatic carbocycles. The highest BCUT2D eigenvalue weighted by atomic mass is 79.9. The van der Waals surface area contributed by atoms with E-state index in [1.807, 2.05) is 48.5 Å². The number of rotatable bonds is 3. The van der Waals surface area contributed by atoms with Gasteiger partial charge in [-0.15, -0.1) is 0 Å². The summed E-state index contributed by atoms with van der Waals surface area (Å²) in [5.41, 5.74) is 1.72. The first kappa shape index (κ1) is 14.1. The molecule has 0 radical (unpaired) electrons. The largest absolute Gasteiger partial charge is 0.491 e. The Kier molecular flexibility index (Phi) is 4.25. The second kappa shape index (κ2) is 6.31. The van der Waals surface area contributed by atoms with E-state index in [0.717, 1.165) is 34.4 Å². The fourth-order valence-corrected chi connectivity index (χ4v) is 3.01. The van der Waals surface area contributed by atoms with Crippen molar-refractivity contribution in [1.82, 2.24) is 0 Å². The molecule has 108 valence electrons. The van der Waals surface area contributed by atoms with Crippen LogP contribution in [0.25, 0.3) is 0 Å². The molecule has 1 aliphatic rings. The van der Waals surface area contributed by atoms with Gasteiger partial charge in [0.15, 0.2) is 5.78 Å². The molecule has 0 aromatic heterocycles. The Morgan fingerprint density at radius 3 is 2.76 bits per heavy atom. The highest BCUT2D eigenvalue weighted by molar-refractivity contribution is 9.10. The highest BCUT2D eigenvalue weighted by Gasteiger charge is 2.19. The summed E-state index contributed by atoms with van der Waals surface area (Å²) in [7, 11) is 0. The van der Waals surface area contributed by atoms with Gasteiger partial charge in [0, 0.05) is 16.6 Å². The summed E-state index contributed by atoms with van der Waals surface area (Å²) in [6, 6.07) is 15.4. The van der Waals surface area contributed by atoms with Gasteiger partial charge in [-0.2, -0.15) is 0 Å². The quantitative estimate of drug-likeness (QED) is 0.789. The van der Waals surface area contributed by atoms with Crippen LogP contribution in [0.3, 0.4) is 0 Å². The maximum absolute atomic E-state index is 12.5. The number of anilines is 1. The predicted molar refractivity (Wildman–Crippen MR) is 87.2 cm³/mol. The normalized spacial score (nSPS) is 14.0. The lowest BCUT2D eigenvalue weighted by Gasteiger charge is -2.23. The fraction of sp³-hybridized carbons (Fsp3) is 0.235. The molecule has 0 amide bonds. The molecule has 0 spiro atoms. The number of carbonyl (C=O) groups is 1. The molecule has 0 saturated carbocycles. The van der Waals surface area contributed by atoms with Crippen LogP contribution in [-0.2, 0) is 0 Å². The summed E-state index contributed by atoms with van der Waals surface area (Å²) in [5.74, 6) is 0.967. The molecule has 0 bridgehead atoms. The van der Waals surface area contributed by atoms with Crippen molar-refractivity contribution in [3.8, 4) is 5.75 Å². The monoisotopic (exact) mass is 345 g/mol. The van der Waals surface area contributed by atoms with Crippen molar-refractivity contribution in [1.29, 1.82) is 0 Å². The van der Waals surface area contributed by atoms with Crippen LogP contribution in [0.2, 0.25) is 0 Å². The van der Waals surface area contributed by atoms with Crippen LogP contribution in [0.4, 0.5) is 5.69 Å². The number of halogens is 1. The molecule has 2 aromatic rings. The van der Waals surface area contributed by atoms with Crippen molar-refractivity contribution in [3.63, 3.8) is 0 Å². The number of benzene rings is 2. The molecule has 21 heavy (non-hydrogen) atoms. The smallest absolute Gasteiger partial charge is 0.183 e. The summed E-state index contributed by atoms with van der Waals surface area (Å²) in [6.07, 6.45) is 0.915. The first-order chi connectivity index (χ1) is 10.3. The summed E-state index contributed by atoms with van der Waals surface area (Å²) in [5, 5.41) is 0. The van der Waals surface area contributed by atoms with Gasteiger partial charge in [-0.1, -0.05) is 46.3 Å². The van der Waals surface area contributed by atoms with Gasteiger partial charge in [0.05, 0.1) is 18.8 Å². The third kappa shape index (κ3) is 3.10. The van der Waals surface area contributed by atoms with Gasteiger partial charge in [0.1, 0.15) is 5.75 Å². The Balaban J connectivity index is 1.85. The summed E-state index contributed by atoms with van der Waals surface area (Å²) < 4.78 is 6.57. The second-order valence-electron chi connectivity index (χ2n) is 4.99.